The number of hydrogen-bond acceptors (Lipinski definition) is 3. The smallest absolute Gasteiger partial charge is 0.258 e. The largest absolute Gasteiger partial charge is 0.322 e. The van der Waals surface area contributed by atoms with Gasteiger partial charge in [0.25, 0.3) is 5.91 Å². The third kappa shape index (κ3) is 4.49. The summed E-state index contributed by atoms with van der Waals surface area (Å²) in [4.78, 5) is 12.0. The Hall–Kier alpha value is -1.52. The summed E-state index contributed by atoms with van der Waals surface area (Å²) < 4.78 is 41.1. The van der Waals surface area contributed by atoms with Gasteiger partial charge >= 0.3 is 0 Å². The summed E-state index contributed by atoms with van der Waals surface area (Å²) in [6.45, 7) is 1.83. The van der Waals surface area contributed by atoms with Crippen LogP contribution in [0.25, 0.3) is 0 Å². The molecule has 2 rings (SSSR count). The third-order valence-electron chi connectivity index (χ3n) is 2.93. The number of amides is 1. The molecule has 0 aliphatic heterocycles. The minimum Gasteiger partial charge on any atom is -0.322 e. The normalized spacial score (nSPS) is 11.3. The Morgan fingerprint density at radius 2 is 1.83 bits per heavy atom. The lowest BCUT2D eigenvalue weighted by molar-refractivity contribution is 0.102. The van der Waals surface area contributed by atoms with Crippen molar-refractivity contribution in [1.29, 1.82) is 0 Å². The molecule has 0 aliphatic rings. The molecule has 0 fully saturated rings. The van der Waals surface area contributed by atoms with E-state index in [1.54, 1.807) is 31.2 Å². The Labute approximate surface area is 147 Å². The number of carbonyl (C=O) groups excluding carboxylic acids is 1. The van der Waals surface area contributed by atoms with Crippen molar-refractivity contribution in [3.63, 3.8) is 0 Å². The fourth-order valence-electron chi connectivity index (χ4n) is 1.85. The van der Waals surface area contributed by atoms with Crippen LogP contribution in [0.2, 0.25) is 0 Å². The monoisotopic (exact) mass is 448 g/mol. The molecule has 0 heterocycles. The molecule has 2 N–H and O–H groups in total. The average molecular weight is 448 g/mol. The first-order valence-corrected chi connectivity index (χ1v) is 9.26. The Morgan fingerprint density at radius 1 is 1.17 bits per heavy atom. The molecule has 2 aromatic carbocycles. The fourth-order valence-corrected chi connectivity index (χ4v) is 3.28. The van der Waals surface area contributed by atoms with Gasteiger partial charge in [-0.1, -0.05) is 6.92 Å². The maximum atomic E-state index is 13.9. The fraction of sp³-hybridized carbons (Fsp3) is 0.133. The van der Waals surface area contributed by atoms with E-state index in [1.165, 1.54) is 0 Å². The SMILES string of the molecule is CCNS(=O)(=O)c1ccc(F)c(C(=O)Nc2ccc(I)cc2)c1. The summed E-state index contributed by atoms with van der Waals surface area (Å²) in [5.74, 6) is -1.50. The predicted octanol–water partition coefficient (Wildman–Crippen LogP) is 2.98. The molecule has 0 saturated heterocycles. The zero-order chi connectivity index (χ0) is 17.0. The Morgan fingerprint density at radius 3 is 2.43 bits per heavy atom. The van der Waals surface area contributed by atoms with Crippen LogP contribution in [-0.2, 0) is 10.0 Å². The van der Waals surface area contributed by atoms with Gasteiger partial charge in [0.15, 0.2) is 0 Å². The molecular formula is C15H14FIN2O3S. The highest BCUT2D eigenvalue weighted by atomic mass is 127. The number of nitrogens with one attached hydrogen (secondary N) is 2. The van der Waals surface area contributed by atoms with Crippen LogP contribution >= 0.6 is 22.6 Å². The van der Waals surface area contributed by atoms with E-state index in [0.29, 0.717) is 5.69 Å². The number of anilines is 1. The first kappa shape index (κ1) is 17.8. The van der Waals surface area contributed by atoms with Crippen molar-refractivity contribution in [2.45, 2.75) is 11.8 Å². The highest BCUT2D eigenvalue weighted by Crippen LogP contribution is 2.18. The van der Waals surface area contributed by atoms with Gasteiger partial charge in [0.2, 0.25) is 10.0 Å². The summed E-state index contributed by atoms with van der Waals surface area (Å²) in [7, 11) is -3.76. The predicted molar refractivity (Wildman–Crippen MR) is 94.4 cm³/mol. The number of hydrogen-bond donors (Lipinski definition) is 2. The first-order valence-electron chi connectivity index (χ1n) is 6.69. The number of halogens is 2. The molecule has 23 heavy (non-hydrogen) atoms. The van der Waals surface area contributed by atoms with Crippen molar-refractivity contribution in [3.8, 4) is 0 Å². The van der Waals surface area contributed by atoms with Gasteiger partial charge in [-0.3, -0.25) is 4.79 Å². The second-order valence-corrected chi connectivity index (χ2v) is 7.62. The van der Waals surface area contributed by atoms with Crippen LogP contribution in [0.5, 0.6) is 0 Å². The molecule has 0 aromatic heterocycles. The van der Waals surface area contributed by atoms with Crippen molar-refractivity contribution >= 4 is 44.2 Å². The molecule has 122 valence electrons. The molecule has 8 heteroatoms. The molecule has 0 saturated carbocycles. The van der Waals surface area contributed by atoms with E-state index in [1.807, 2.05) is 0 Å². The van der Waals surface area contributed by atoms with Crippen LogP contribution in [0.3, 0.4) is 0 Å². The van der Waals surface area contributed by atoms with E-state index in [9.17, 15) is 17.6 Å². The van der Waals surface area contributed by atoms with Crippen molar-refractivity contribution in [3.05, 3.63) is 57.4 Å². The van der Waals surface area contributed by atoms with Crippen LogP contribution < -0.4 is 10.0 Å². The van der Waals surface area contributed by atoms with Gasteiger partial charge in [0.05, 0.1) is 10.5 Å². The lowest BCUT2D eigenvalue weighted by Crippen LogP contribution is -2.24. The van der Waals surface area contributed by atoms with Crippen LogP contribution in [0.15, 0.2) is 47.4 Å². The number of rotatable bonds is 5. The van der Waals surface area contributed by atoms with Gasteiger partial charge in [-0.25, -0.2) is 17.5 Å². The minimum absolute atomic E-state index is 0.159. The highest BCUT2D eigenvalue weighted by molar-refractivity contribution is 14.1. The third-order valence-corrected chi connectivity index (χ3v) is 5.19. The van der Waals surface area contributed by atoms with E-state index in [-0.39, 0.29) is 17.0 Å². The molecule has 0 bridgehead atoms. The maximum absolute atomic E-state index is 13.9. The van der Waals surface area contributed by atoms with Gasteiger partial charge in [-0.2, -0.15) is 0 Å². The van der Waals surface area contributed by atoms with E-state index in [4.69, 9.17) is 0 Å². The van der Waals surface area contributed by atoms with E-state index < -0.39 is 21.7 Å². The van der Waals surface area contributed by atoms with Gasteiger partial charge in [0, 0.05) is 15.8 Å². The van der Waals surface area contributed by atoms with E-state index in [2.05, 4.69) is 32.6 Å². The van der Waals surface area contributed by atoms with Crippen LogP contribution in [-0.4, -0.2) is 20.9 Å². The first-order chi connectivity index (χ1) is 10.8. The lowest BCUT2D eigenvalue weighted by atomic mass is 10.2. The topological polar surface area (TPSA) is 75.3 Å². The number of benzene rings is 2. The molecule has 2 aromatic rings. The van der Waals surface area contributed by atoms with Gasteiger partial charge < -0.3 is 5.32 Å². The van der Waals surface area contributed by atoms with Crippen LogP contribution in [0.4, 0.5) is 10.1 Å². The Bertz CT molecular complexity index is 823. The maximum Gasteiger partial charge on any atom is 0.258 e. The van der Waals surface area contributed by atoms with Crippen LogP contribution in [0, 0.1) is 9.39 Å². The summed E-state index contributed by atoms with van der Waals surface area (Å²) in [6.07, 6.45) is 0. The molecule has 0 spiro atoms. The molecule has 0 unspecified atom stereocenters. The quantitative estimate of drug-likeness (QED) is 0.691. The van der Waals surface area contributed by atoms with Crippen molar-refractivity contribution in [2.75, 3.05) is 11.9 Å². The molecular weight excluding hydrogens is 434 g/mol. The lowest BCUT2D eigenvalue weighted by Gasteiger charge is -2.09. The highest BCUT2D eigenvalue weighted by Gasteiger charge is 2.19. The second-order valence-electron chi connectivity index (χ2n) is 4.60. The Kier molecular flexibility index (Phi) is 5.71. The molecule has 0 atom stereocenters. The summed E-state index contributed by atoms with van der Waals surface area (Å²) in [6, 6.07) is 10.0. The van der Waals surface area contributed by atoms with Crippen molar-refractivity contribution in [1.82, 2.24) is 4.72 Å². The summed E-state index contributed by atoms with van der Waals surface area (Å²) in [5, 5.41) is 2.54. The second kappa shape index (κ2) is 7.37. The molecule has 0 radical (unpaired) electrons. The van der Waals surface area contributed by atoms with Gasteiger partial charge in [0.1, 0.15) is 5.82 Å². The molecule has 1 amide bonds. The van der Waals surface area contributed by atoms with Crippen molar-refractivity contribution in [2.24, 2.45) is 0 Å². The molecule has 5 nitrogen and oxygen atoms in total. The number of sulfonamides is 1. The van der Waals surface area contributed by atoms with Crippen molar-refractivity contribution < 1.29 is 17.6 Å². The zero-order valence-electron chi connectivity index (χ0n) is 12.1. The van der Waals surface area contributed by atoms with Crippen LogP contribution in [0.1, 0.15) is 17.3 Å². The molecule has 0 aliphatic carbocycles. The minimum atomic E-state index is -3.76. The number of carbonyl (C=O) groups is 1. The standard InChI is InChI=1S/C15H14FIN2O3S/c1-2-18-23(21,22)12-7-8-14(16)13(9-12)15(20)19-11-5-3-10(17)4-6-11/h3-9,18H,2H2,1H3,(H,19,20). The summed E-state index contributed by atoms with van der Waals surface area (Å²) >= 11 is 2.12. The zero-order valence-corrected chi connectivity index (χ0v) is 15.1. The van der Waals surface area contributed by atoms with E-state index >= 15 is 0 Å². The van der Waals surface area contributed by atoms with Gasteiger partial charge in [-0.15, -0.1) is 0 Å². The summed E-state index contributed by atoms with van der Waals surface area (Å²) in [5.41, 5.74) is 0.164. The average Bonchev–Trinajstić information content (AvgIpc) is 2.49. The van der Waals surface area contributed by atoms with Gasteiger partial charge in [-0.05, 0) is 65.1 Å². The van der Waals surface area contributed by atoms with E-state index in [0.717, 1.165) is 21.8 Å². The Balaban J connectivity index is 2.31.